The number of anilines is 1. The molecule has 1 aliphatic carbocycles. The fraction of sp³-hybridized carbons (Fsp3) is 0.192. The second-order valence-corrected chi connectivity index (χ2v) is 8.82. The number of H-pyrrole nitrogens is 1. The minimum Gasteiger partial charge on any atom is -0.383 e. The molecule has 9 nitrogen and oxygen atoms in total. The van der Waals surface area contributed by atoms with Crippen molar-refractivity contribution in [2.24, 2.45) is 7.05 Å². The van der Waals surface area contributed by atoms with Gasteiger partial charge >= 0.3 is 0 Å². The summed E-state index contributed by atoms with van der Waals surface area (Å²) in [5.74, 6) is 5.29. The molecule has 3 N–H and O–H groups in total. The molecule has 4 heterocycles. The normalized spacial score (nSPS) is 13.1. The van der Waals surface area contributed by atoms with Gasteiger partial charge in [0, 0.05) is 42.5 Å². The summed E-state index contributed by atoms with van der Waals surface area (Å²) in [7, 11) is 1.78. The molecule has 0 saturated heterocycles. The predicted molar refractivity (Wildman–Crippen MR) is 132 cm³/mol. The van der Waals surface area contributed by atoms with Crippen LogP contribution in [0.4, 0.5) is 10.2 Å². The number of benzene rings is 1. The van der Waals surface area contributed by atoms with Gasteiger partial charge in [-0.1, -0.05) is 11.8 Å². The molecule has 10 heteroatoms. The van der Waals surface area contributed by atoms with Crippen molar-refractivity contribution < 1.29 is 9.18 Å². The third-order valence-electron chi connectivity index (χ3n) is 6.28. The molecular weight excluding hydrogens is 459 g/mol. The van der Waals surface area contributed by atoms with Crippen LogP contribution in [0.25, 0.3) is 21.8 Å². The van der Waals surface area contributed by atoms with Gasteiger partial charge in [0.2, 0.25) is 0 Å². The van der Waals surface area contributed by atoms with Crippen LogP contribution >= 0.6 is 0 Å². The second-order valence-electron chi connectivity index (χ2n) is 8.82. The van der Waals surface area contributed by atoms with Crippen molar-refractivity contribution in [3.8, 4) is 11.8 Å². The number of pyridine rings is 2. The van der Waals surface area contributed by atoms with Gasteiger partial charge in [-0.25, -0.2) is 9.37 Å². The Balaban J connectivity index is 1.31. The summed E-state index contributed by atoms with van der Waals surface area (Å²) in [6.45, 7) is 0.275. The Morgan fingerprint density at radius 2 is 2.03 bits per heavy atom. The van der Waals surface area contributed by atoms with Crippen molar-refractivity contribution in [3.05, 3.63) is 77.3 Å². The van der Waals surface area contributed by atoms with Gasteiger partial charge in [0.15, 0.2) is 0 Å². The lowest BCUT2D eigenvalue weighted by Crippen LogP contribution is -2.33. The average molecular weight is 481 g/mol. The Hall–Kier alpha value is -4.78. The lowest BCUT2D eigenvalue weighted by atomic mass is 10.1. The average Bonchev–Trinajstić information content (AvgIpc) is 3.42. The number of nitrogen functional groups attached to an aromatic ring is 1. The molecule has 1 aliphatic rings. The third kappa shape index (κ3) is 3.90. The molecule has 0 radical (unpaired) electrons. The number of nitrogens with one attached hydrogen (secondary N) is 1. The highest BCUT2D eigenvalue weighted by atomic mass is 19.1. The summed E-state index contributed by atoms with van der Waals surface area (Å²) in [4.78, 5) is 24.1. The molecule has 0 aliphatic heterocycles. The first-order chi connectivity index (χ1) is 17.5. The Labute approximate surface area is 205 Å². The van der Waals surface area contributed by atoms with Crippen LogP contribution in [-0.2, 0) is 13.6 Å². The van der Waals surface area contributed by atoms with Crippen LogP contribution in [0.3, 0.4) is 0 Å². The number of aryl methyl sites for hydroxylation is 1. The molecule has 1 aromatic carbocycles. The number of carbonyl (C=O) groups excluding carboxylic acids is 1. The monoisotopic (exact) mass is 480 g/mol. The summed E-state index contributed by atoms with van der Waals surface area (Å²) in [5.41, 5.74) is 9.35. The van der Waals surface area contributed by atoms with E-state index in [0.717, 1.165) is 24.0 Å². The zero-order chi connectivity index (χ0) is 24.8. The van der Waals surface area contributed by atoms with Crippen molar-refractivity contribution in [1.29, 1.82) is 0 Å². The summed E-state index contributed by atoms with van der Waals surface area (Å²) >= 11 is 0. The molecule has 6 rings (SSSR count). The van der Waals surface area contributed by atoms with Crippen LogP contribution in [0.2, 0.25) is 0 Å². The standard InChI is InChI=1S/C26H21FN8O/c1-34-24-20-8-19(22(27)9-23(20)33-25(28)21(24)13-32-34)26(36)35(18-6-7-18)14-17-5-4-15(10-29-17)2-3-16-11-30-31-12-16/h4-5,8-13,18H,6-7,14H2,1H3,(H2,28,33)(H,30,31). The van der Waals surface area contributed by atoms with Gasteiger partial charge < -0.3 is 10.6 Å². The molecule has 0 atom stereocenters. The molecule has 0 bridgehead atoms. The number of fused-ring (bicyclic) bond motifs is 3. The number of aromatic nitrogens is 6. The molecule has 1 saturated carbocycles. The minimum atomic E-state index is -0.635. The fourth-order valence-electron chi connectivity index (χ4n) is 4.28. The van der Waals surface area contributed by atoms with E-state index < -0.39 is 5.82 Å². The summed E-state index contributed by atoms with van der Waals surface area (Å²) in [6.07, 6.45) is 8.39. The van der Waals surface area contributed by atoms with Crippen LogP contribution in [0, 0.1) is 17.7 Å². The number of aromatic amines is 1. The lowest BCUT2D eigenvalue weighted by Gasteiger charge is -2.22. The highest BCUT2D eigenvalue weighted by molar-refractivity contribution is 6.10. The summed E-state index contributed by atoms with van der Waals surface area (Å²) in [5, 5.41) is 12.1. The van der Waals surface area contributed by atoms with Crippen LogP contribution in [0.5, 0.6) is 0 Å². The van der Waals surface area contributed by atoms with Gasteiger partial charge in [-0.05, 0) is 31.0 Å². The smallest absolute Gasteiger partial charge is 0.257 e. The van der Waals surface area contributed by atoms with E-state index in [0.29, 0.717) is 27.5 Å². The summed E-state index contributed by atoms with van der Waals surface area (Å²) < 4.78 is 16.8. The predicted octanol–water partition coefficient (Wildman–Crippen LogP) is 3.17. The first-order valence-electron chi connectivity index (χ1n) is 11.4. The van der Waals surface area contributed by atoms with Crippen molar-refractivity contribution in [3.63, 3.8) is 0 Å². The molecule has 4 aromatic heterocycles. The quantitative estimate of drug-likeness (QED) is 0.382. The van der Waals surface area contributed by atoms with E-state index in [-0.39, 0.29) is 29.9 Å². The molecule has 0 spiro atoms. The van der Waals surface area contributed by atoms with E-state index in [1.807, 2.05) is 12.1 Å². The first-order valence-corrected chi connectivity index (χ1v) is 11.4. The number of hydrogen-bond donors (Lipinski definition) is 2. The maximum atomic E-state index is 15.2. The van der Waals surface area contributed by atoms with Gasteiger partial charge in [-0.3, -0.25) is 19.6 Å². The zero-order valence-corrected chi connectivity index (χ0v) is 19.4. The van der Waals surface area contributed by atoms with Crippen molar-refractivity contribution in [2.45, 2.75) is 25.4 Å². The maximum Gasteiger partial charge on any atom is 0.257 e. The fourth-order valence-corrected chi connectivity index (χ4v) is 4.28. The molecule has 5 aromatic rings. The van der Waals surface area contributed by atoms with Crippen LogP contribution in [-0.4, -0.2) is 46.8 Å². The van der Waals surface area contributed by atoms with Gasteiger partial charge in [-0.2, -0.15) is 10.2 Å². The van der Waals surface area contributed by atoms with E-state index in [2.05, 4.69) is 37.1 Å². The number of nitrogens with two attached hydrogens (primary N) is 1. The highest BCUT2D eigenvalue weighted by Crippen LogP contribution is 2.33. The maximum absolute atomic E-state index is 15.2. The highest BCUT2D eigenvalue weighted by Gasteiger charge is 2.34. The Bertz CT molecular complexity index is 1680. The molecule has 0 unspecified atom stereocenters. The van der Waals surface area contributed by atoms with Gasteiger partial charge in [0.1, 0.15) is 11.6 Å². The number of amides is 1. The summed E-state index contributed by atoms with van der Waals surface area (Å²) in [6, 6.07) is 6.57. The van der Waals surface area contributed by atoms with Crippen LogP contribution in [0.1, 0.15) is 40.0 Å². The van der Waals surface area contributed by atoms with E-state index in [4.69, 9.17) is 5.73 Å². The Morgan fingerprint density at radius 3 is 2.75 bits per heavy atom. The molecule has 1 amide bonds. The van der Waals surface area contributed by atoms with E-state index in [1.165, 1.54) is 6.07 Å². The van der Waals surface area contributed by atoms with E-state index >= 15 is 4.39 Å². The number of nitrogens with zero attached hydrogens (tertiary/aromatic N) is 6. The molecule has 1 fully saturated rings. The second kappa shape index (κ2) is 8.46. The first kappa shape index (κ1) is 21.7. The van der Waals surface area contributed by atoms with Gasteiger partial charge in [-0.15, -0.1) is 0 Å². The number of carbonyl (C=O) groups is 1. The number of halogens is 1. The Morgan fingerprint density at radius 1 is 1.19 bits per heavy atom. The number of rotatable bonds is 4. The van der Waals surface area contributed by atoms with Crippen LogP contribution in [0.15, 0.2) is 49.1 Å². The van der Waals surface area contributed by atoms with E-state index in [9.17, 15) is 4.79 Å². The zero-order valence-electron chi connectivity index (χ0n) is 19.4. The molecular formula is C26H21FN8O. The lowest BCUT2D eigenvalue weighted by molar-refractivity contribution is 0.0723. The molecule has 36 heavy (non-hydrogen) atoms. The van der Waals surface area contributed by atoms with Gasteiger partial charge in [0.25, 0.3) is 5.91 Å². The topological polar surface area (TPSA) is 119 Å². The van der Waals surface area contributed by atoms with Crippen molar-refractivity contribution in [1.82, 2.24) is 34.8 Å². The van der Waals surface area contributed by atoms with Gasteiger partial charge in [0.05, 0.1) is 52.2 Å². The minimum absolute atomic E-state index is 0.00827. The van der Waals surface area contributed by atoms with Crippen molar-refractivity contribution >= 4 is 33.5 Å². The Kier molecular flexibility index (Phi) is 5.11. The largest absolute Gasteiger partial charge is 0.383 e. The molecule has 178 valence electrons. The number of hydrogen-bond acceptors (Lipinski definition) is 6. The third-order valence-corrected chi connectivity index (χ3v) is 6.28. The van der Waals surface area contributed by atoms with Crippen molar-refractivity contribution in [2.75, 3.05) is 5.73 Å². The van der Waals surface area contributed by atoms with Crippen LogP contribution < -0.4 is 5.73 Å². The van der Waals surface area contributed by atoms with E-state index in [1.54, 1.807) is 47.5 Å². The SMILES string of the molecule is Cn1ncc2c(N)nc3cc(F)c(C(=O)N(Cc4ccc(C#Cc5cn[nH]c5)cn4)C4CC4)cc3c21.